The zero-order chi connectivity index (χ0) is 7.28. The van der Waals surface area contributed by atoms with Crippen molar-refractivity contribution in [2.75, 3.05) is 0 Å². The fraction of sp³-hybridized carbons (Fsp3) is 0.800. The molecule has 0 radical (unpaired) electrons. The average Bonchev–Trinajstić information content (AvgIpc) is 1.82. The van der Waals surface area contributed by atoms with Crippen LogP contribution in [0.4, 0.5) is 0 Å². The van der Waals surface area contributed by atoms with Gasteiger partial charge in [-0.3, -0.25) is 0 Å². The van der Waals surface area contributed by atoms with E-state index in [2.05, 4.69) is 5.82 Å². The fourth-order valence-corrected chi connectivity index (χ4v) is 1.40. The van der Waals surface area contributed by atoms with Crippen LogP contribution in [-0.2, 0) is 24.3 Å². The van der Waals surface area contributed by atoms with Gasteiger partial charge in [0.15, 0.2) is 0 Å². The van der Waals surface area contributed by atoms with E-state index in [9.17, 15) is 4.79 Å². The van der Waals surface area contributed by atoms with Gasteiger partial charge in [0.2, 0.25) is 0 Å². The summed E-state index contributed by atoms with van der Waals surface area (Å²) in [5.41, 5.74) is 5.21. The number of carbonyl (C=O) groups is 1. The van der Waals surface area contributed by atoms with Gasteiger partial charge >= 0.3 is 60.2 Å². The zero-order valence-corrected chi connectivity index (χ0v) is 10.7. The molecule has 0 fully saturated rings. The van der Waals surface area contributed by atoms with E-state index in [0.29, 0.717) is 21.4 Å². The van der Waals surface area contributed by atoms with Crippen LogP contribution in [0.25, 0.3) is 0 Å². The first-order valence-corrected chi connectivity index (χ1v) is 5.58. The van der Waals surface area contributed by atoms with Crippen molar-refractivity contribution in [2.45, 2.75) is 23.6 Å². The van der Waals surface area contributed by atoms with Crippen molar-refractivity contribution in [3.8, 4) is 0 Å². The standard InChI is InChI=1S/C5H11NO2Se.Zn/c1-9-3-2-4(6)5(7)8;/h4H,2-3,6H2,1H3,(H,7,8);/t4-;/m0./s1. The molecule has 0 saturated heterocycles. The van der Waals surface area contributed by atoms with Gasteiger partial charge in [-0.15, -0.1) is 0 Å². The van der Waals surface area contributed by atoms with Crippen molar-refractivity contribution in [1.29, 1.82) is 0 Å². The predicted molar refractivity (Wildman–Crippen MR) is 36.7 cm³/mol. The van der Waals surface area contributed by atoms with Gasteiger partial charge in [-0.1, -0.05) is 0 Å². The van der Waals surface area contributed by atoms with Crippen LogP contribution in [0.2, 0.25) is 11.1 Å². The second-order valence-corrected chi connectivity index (χ2v) is 3.79. The molecule has 0 bridgehead atoms. The second kappa shape index (κ2) is 7.68. The van der Waals surface area contributed by atoms with Gasteiger partial charge in [-0.25, -0.2) is 0 Å². The number of hydrogen-bond donors (Lipinski definition) is 2. The third-order valence-corrected chi connectivity index (χ3v) is 2.30. The SMILES string of the molecule is C[Se]CC[C@H](N)C(=O)O.[Zn]. The van der Waals surface area contributed by atoms with Gasteiger partial charge in [0, 0.05) is 19.5 Å². The molecular formula is C5H11NO2SeZn. The third-order valence-electron chi connectivity index (χ3n) is 0.950. The molecular weight excluding hydrogens is 250 g/mol. The van der Waals surface area contributed by atoms with Crippen LogP contribution in [0.1, 0.15) is 6.42 Å². The topological polar surface area (TPSA) is 63.3 Å². The van der Waals surface area contributed by atoms with Crippen molar-refractivity contribution in [2.24, 2.45) is 5.73 Å². The predicted octanol–water partition coefficient (Wildman–Crippen LogP) is -0.0435. The monoisotopic (exact) mass is 261 g/mol. The molecule has 0 amide bonds. The Bertz CT molecular complexity index is 102. The Balaban J connectivity index is 0. The van der Waals surface area contributed by atoms with Crippen LogP contribution in [0.5, 0.6) is 0 Å². The number of carboxylic acids is 1. The Kier molecular flexibility index (Phi) is 10.1. The van der Waals surface area contributed by atoms with Gasteiger partial charge in [-0.2, -0.15) is 0 Å². The van der Waals surface area contributed by atoms with E-state index in [0.717, 1.165) is 5.32 Å². The molecule has 0 unspecified atom stereocenters. The minimum absolute atomic E-state index is 0. The maximum atomic E-state index is 10.1. The average molecular weight is 261 g/mol. The van der Waals surface area contributed by atoms with Crippen molar-refractivity contribution in [3.63, 3.8) is 0 Å². The molecule has 0 aromatic heterocycles. The summed E-state index contributed by atoms with van der Waals surface area (Å²) < 4.78 is 0. The summed E-state index contributed by atoms with van der Waals surface area (Å²) in [6.07, 6.45) is 0.617. The Hall–Kier alpha value is 0.573. The first-order chi connectivity index (χ1) is 4.18. The first-order valence-electron chi connectivity index (χ1n) is 2.65. The molecule has 0 aliphatic rings. The van der Waals surface area contributed by atoms with Crippen LogP contribution in [-0.4, -0.2) is 32.1 Å². The van der Waals surface area contributed by atoms with Gasteiger partial charge in [-0.05, 0) is 0 Å². The summed E-state index contributed by atoms with van der Waals surface area (Å²) in [6, 6.07) is -0.646. The summed E-state index contributed by atoms with van der Waals surface area (Å²) in [6.45, 7) is 0. The van der Waals surface area contributed by atoms with E-state index in [1.165, 1.54) is 0 Å². The Labute approximate surface area is 79.7 Å². The van der Waals surface area contributed by atoms with Gasteiger partial charge in [0.25, 0.3) is 0 Å². The summed E-state index contributed by atoms with van der Waals surface area (Å²) in [5, 5.41) is 9.25. The van der Waals surface area contributed by atoms with Crippen LogP contribution < -0.4 is 5.73 Å². The molecule has 1 atom stereocenters. The summed E-state index contributed by atoms with van der Waals surface area (Å²) >= 11 is 0.549. The molecule has 0 rings (SSSR count). The number of rotatable bonds is 4. The van der Waals surface area contributed by atoms with Crippen LogP contribution in [0.15, 0.2) is 0 Å². The molecule has 0 aliphatic carbocycles. The number of hydrogen-bond acceptors (Lipinski definition) is 2. The smallest absolute Gasteiger partial charge is 0 e. The maximum Gasteiger partial charge on any atom is 0 e. The van der Waals surface area contributed by atoms with Crippen molar-refractivity contribution in [1.82, 2.24) is 0 Å². The molecule has 3 nitrogen and oxygen atoms in total. The number of aliphatic carboxylic acids is 1. The van der Waals surface area contributed by atoms with E-state index in [4.69, 9.17) is 10.8 Å². The zero-order valence-electron chi connectivity index (χ0n) is 6.04. The molecule has 0 aromatic carbocycles. The summed E-state index contributed by atoms with van der Waals surface area (Å²) in [4.78, 5) is 10.1. The van der Waals surface area contributed by atoms with E-state index in [1.807, 2.05) is 0 Å². The van der Waals surface area contributed by atoms with Crippen LogP contribution in [0, 0.1) is 0 Å². The molecule has 10 heavy (non-hydrogen) atoms. The molecule has 0 saturated carbocycles. The number of nitrogens with two attached hydrogens (primary N) is 1. The minimum Gasteiger partial charge on any atom is 0 e. The normalized spacial score (nSPS) is 11.8. The number of carboxylic acid groups (broad SMARTS) is 1. The third kappa shape index (κ3) is 6.69. The second-order valence-electron chi connectivity index (χ2n) is 1.73. The van der Waals surface area contributed by atoms with Crippen LogP contribution in [0.3, 0.4) is 0 Å². The summed E-state index contributed by atoms with van der Waals surface area (Å²) in [7, 11) is 0. The molecule has 3 N–H and O–H groups in total. The van der Waals surface area contributed by atoms with Gasteiger partial charge < -0.3 is 0 Å². The van der Waals surface area contributed by atoms with Crippen molar-refractivity contribution >= 4 is 20.9 Å². The molecule has 0 aromatic rings. The van der Waals surface area contributed by atoms with E-state index >= 15 is 0 Å². The summed E-state index contributed by atoms with van der Waals surface area (Å²) in [5.74, 6) is 1.18. The quantitative estimate of drug-likeness (QED) is 0.698. The fourth-order valence-electron chi connectivity index (χ4n) is 0.368. The minimum atomic E-state index is -0.890. The molecule has 5 heteroatoms. The largest absolute Gasteiger partial charge is 0 e. The Morgan fingerprint density at radius 1 is 1.80 bits per heavy atom. The van der Waals surface area contributed by atoms with Crippen LogP contribution >= 0.6 is 0 Å². The molecule has 0 heterocycles. The molecule has 56 valence electrons. The van der Waals surface area contributed by atoms with Gasteiger partial charge in [0.05, 0.1) is 0 Å². The maximum absolute atomic E-state index is 10.1. The van der Waals surface area contributed by atoms with E-state index < -0.39 is 12.0 Å². The van der Waals surface area contributed by atoms with E-state index in [-0.39, 0.29) is 19.5 Å². The van der Waals surface area contributed by atoms with Crippen molar-refractivity contribution < 1.29 is 29.4 Å². The van der Waals surface area contributed by atoms with Crippen molar-refractivity contribution in [3.05, 3.63) is 0 Å². The molecule has 0 aliphatic heterocycles. The van der Waals surface area contributed by atoms with Gasteiger partial charge in [0.1, 0.15) is 0 Å². The van der Waals surface area contributed by atoms with E-state index in [1.54, 1.807) is 0 Å². The Morgan fingerprint density at radius 2 is 2.30 bits per heavy atom. The first kappa shape index (κ1) is 13.2. The Morgan fingerprint density at radius 3 is 2.60 bits per heavy atom. The molecule has 0 spiro atoms.